The minimum atomic E-state index is -0.000773. The van der Waals surface area contributed by atoms with Crippen molar-refractivity contribution in [1.82, 2.24) is 0 Å². The van der Waals surface area contributed by atoms with Gasteiger partial charge in [0.05, 0.1) is 6.10 Å². The smallest absolute Gasteiger partial charge is 0.306 e. The van der Waals surface area contributed by atoms with Crippen LogP contribution in [0, 0.1) is 0 Å². The van der Waals surface area contributed by atoms with Crippen LogP contribution in [0.1, 0.15) is 143 Å². The van der Waals surface area contributed by atoms with Crippen molar-refractivity contribution in [3.63, 3.8) is 0 Å². The molecule has 0 aliphatic rings. The molecule has 1 unspecified atom stereocenters. The Morgan fingerprint density at radius 3 is 1.83 bits per heavy atom. The number of hydrogen-bond acceptors (Lipinski definition) is 2. The molecule has 0 fully saturated rings. The quantitative estimate of drug-likeness (QED) is 0.0989. The van der Waals surface area contributed by atoms with E-state index in [0.717, 1.165) is 25.7 Å². The van der Waals surface area contributed by atoms with E-state index in [9.17, 15) is 4.79 Å². The molecule has 0 aliphatic heterocycles. The molecule has 2 heteroatoms. The van der Waals surface area contributed by atoms with Gasteiger partial charge in [0, 0.05) is 6.42 Å². The number of hydrogen-bond donors (Lipinski definition) is 0. The Morgan fingerprint density at radius 1 is 0.667 bits per heavy atom. The first kappa shape index (κ1) is 28.9. The van der Waals surface area contributed by atoms with Crippen LogP contribution in [0.5, 0.6) is 0 Å². The highest BCUT2D eigenvalue weighted by Crippen LogP contribution is 2.12. The molecule has 0 rings (SSSR count). The summed E-state index contributed by atoms with van der Waals surface area (Å²) in [7, 11) is 0. The Balaban J connectivity index is 3.38. The molecule has 0 aromatic carbocycles. The molecule has 0 saturated heterocycles. The molecule has 0 amide bonds. The van der Waals surface area contributed by atoms with E-state index in [1.165, 1.54) is 89.9 Å². The van der Waals surface area contributed by atoms with Gasteiger partial charge in [0.2, 0.25) is 0 Å². The van der Waals surface area contributed by atoms with Gasteiger partial charge in [0.15, 0.2) is 0 Å². The average Bonchev–Trinajstić information content (AvgIpc) is 2.73. The third-order valence-electron chi connectivity index (χ3n) is 5.63. The lowest BCUT2D eigenvalue weighted by molar-refractivity contribution is -0.148. The van der Waals surface area contributed by atoms with Crippen molar-refractivity contribution in [1.29, 1.82) is 0 Å². The fourth-order valence-corrected chi connectivity index (χ4v) is 3.64. The summed E-state index contributed by atoms with van der Waals surface area (Å²) >= 11 is 0. The number of ether oxygens (including phenoxy) is 1. The van der Waals surface area contributed by atoms with Gasteiger partial charge in [0.25, 0.3) is 0 Å². The lowest BCUT2D eigenvalue weighted by atomic mass is 10.1. The van der Waals surface area contributed by atoms with Crippen LogP contribution in [0.4, 0.5) is 0 Å². The van der Waals surface area contributed by atoms with Gasteiger partial charge in [-0.25, -0.2) is 0 Å². The molecule has 0 aromatic heterocycles. The maximum Gasteiger partial charge on any atom is 0.306 e. The lowest BCUT2D eigenvalue weighted by Crippen LogP contribution is -2.14. The third-order valence-corrected chi connectivity index (χ3v) is 5.63. The van der Waals surface area contributed by atoms with Crippen LogP contribution in [-0.4, -0.2) is 12.1 Å². The van der Waals surface area contributed by atoms with Crippen LogP contribution in [0.15, 0.2) is 24.3 Å². The molecule has 30 heavy (non-hydrogen) atoms. The molecule has 2 nitrogen and oxygen atoms in total. The molecular formula is C28H52O2. The minimum absolute atomic E-state index is 0.000773. The Hall–Kier alpha value is -1.05. The molecule has 0 aliphatic carbocycles. The molecule has 0 spiro atoms. The Bertz CT molecular complexity index is 411. The average molecular weight is 421 g/mol. The summed E-state index contributed by atoms with van der Waals surface area (Å²) in [4.78, 5) is 11.9. The highest BCUT2D eigenvalue weighted by molar-refractivity contribution is 5.69. The first-order valence-corrected chi connectivity index (χ1v) is 13.2. The number of esters is 1. The number of carbonyl (C=O) groups is 1. The van der Waals surface area contributed by atoms with Gasteiger partial charge in [-0.05, 0) is 58.3 Å². The Labute approximate surface area is 188 Å². The number of rotatable bonds is 22. The van der Waals surface area contributed by atoms with Gasteiger partial charge in [-0.1, -0.05) is 102 Å². The van der Waals surface area contributed by atoms with E-state index in [1.54, 1.807) is 0 Å². The predicted octanol–water partition coefficient (Wildman–Crippen LogP) is 9.48. The Morgan fingerprint density at radius 2 is 1.17 bits per heavy atom. The predicted molar refractivity (Wildman–Crippen MR) is 133 cm³/mol. The molecular weight excluding hydrogens is 368 g/mol. The fourth-order valence-electron chi connectivity index (χ4n) is 3.64. The fraction of sp³-hybridized carbons (Fsp3) is 0.821. The number of allylic oxidation sites excluding steroid dienone is 4. The standard InChI is InChI=1S/C28H52O2/c1-4-6-8-10-12-13-14-15-16-17-18-19-20-22-24-26-28(29)30-27(3)25-23-21-11-9-7-5-2/h12-13,15-16,27H,4-11,14,17-26H2,1-3H3/b13-12-,16-15-. The second kappa shape index (κ2) is 24.2. The first-order chi connectivity index (χ1) is 14.7. The van der Waals surface area contributed by atoms with E-state index < -0.39 is 0 Å². The zero-order valence-corrected chi connectivity index (χ0v) is 20.6. The van der Waals surface area contributed by atoms with Gasteiger partial charge < -0.3 is 4.74 Å². The molecule has 0 saturated carbocycles. The molecule has 176 valence electrons. The third kappa shape index (κ3) is 23.2. The number of unbranched alkanes of at least 4 members (excludes halogenated alkanes) is 13. The second-order valence-corrected chi connectivity index (χ2v) is 8.84. The van der Waals surface area contributed by atoms with Crippen molar-refractivity contribution < 1.29 is 9.53 Å². The highest BCUT2D eigenvalue weighted by Gasteiger charge is 2.08. The van der Waals surface area contributed by atoms with Crippen molar-refractivity contribution >= 4 is 5.97 Å². The SMILES string of the molecule is CCCCC/C=C\C/C=C\CCCCCCCC(=O)OC(C)CCCCCCCC. The summed E-state index contributed by atoms with van der Waals surface area (Å²) in [6.07, 6.45) is 32.0. The van der Waals surface area contributed by atoms with Crippen LogP contribution in [0.25, 0.3) is 0 Å². The van der Waals surface area contributed by atoms with Crippen LogP contribution in [-0.2, 0) is 9.53 Å². The van der Waals surface area contributed by atoms with Crippen molar-refractivity contribution in [3.8, 4) is 0 Å². The normalized spacial score (nSPS) is 12.8. The largest absolute Gasteiger partial charge is 0.463 e. The van der Waals surface area contributed by atoms with Gasteiger partial charge in [0.1, 0.15) is 0 Å². The minimum Gasteiger partial charge on any atom is -0.463 e. The second-order valence-electron chi connectivity index (χ2n) is 8.84. The van der Waals surface area contributed by atoms with Crippen molar-refractivity contribution in [2.75, 3.05) is 0 Å². The van der Waals surface area contributed by atoms with Crippen LogP contribution < -0.4 is 0 Å². The number of carbonyl (C=O) groups excluding carboxylic acids is 1. The summed E-state index contributed by atoms with van der Waals surface area (Å²) < 4.78 is 5.54. The lowest BCUT2D eigenvalue weighted by Gasteiger charge is -2.13. The van der Waals surface area contributed by atoms with Gasteiger partial charge >= 0.3 is 5.97 Å². The van der Waals surface area contributed by atoms with E-state index in [0.29, 0.717) is 6.42 Å². The van der Waals surface area contributed by atoms with E-state index in [1.807, 2.05) is 6.92 Å². The van der Waals surface area contributed by atoms with Crippen LogP contribution in [0.3, 0.4) is 0 Å². The highest BCUT2D eigenvalue weighted by atomic mass is 16.5. The molecule has 0 heterocycles. The van der Waals surface area contributed by atoms with Crippen LogP contribution in [0.2, 0.25) is 0 Å². The zero-order chi connectivity index (χ0) is 22.1. The molecule has 0 N–H and O–H groups in total. The molecule has 0 radical (unpaired) electrons. The van der Waals surface area contributed by atoms with Crippen molar-refractivity contribution in [3.05, 3.63) is 24.3 Å². The van der Waals surface area contributed by atoms with Gasteiger partial charge in [-0.2, -0.15) is 0 Å². The van der Waals surface area contributed by atoms with Crippen LogP contribution >= 0.6 is 0 Å². The maximum absolute atomic E-state index is 11.9. The summed E-state index contributed by atoms with van der Waals surface area (Å²) in [5.41, 5.74) is 0. The summed E-state index contributed by atoms with van der Waals surface area (Å²) in [6, 6.07) is 0. The van der Waals surface area contributed by atoms with E-state index in [2.05, 4.69) is 38.2 Å². The maximum atomic E-state index is 11.9. The van der Waals surface area contributed by atoms with Gasteiger partial charge in [-0.3, -0.25) is 4.79 Å². The van der Waals surface area contributed by atoms with Crippen molar-refractivity contribution in [2.45, 2.75) is 149 Å². The van der Waals surface area contributed by atoms with E-state index in [4.69, 9.17) is 4.74 Å². The topological polar surface area (TPSA) is 26.3 Å². The zero-order valence-electron chi connectivity index (χ0n) is 20.6. The first-order valence-electron chi connectivity index (χ1n) is 13.2. The van der Waals surface area contributed by atoms with E-state index in [-0.39, 0.29) is 12.1 Å². The van der Waals surface area contributed by atoms with Gasteiger partial charge in [-0.15, -0.1) is 0 Å². The monoisotopic (exact) mass is 420 g/mol. The summed E-state index contributed by atoms with van der Waals surface area (Å²) in [5.74, 6) is -0.000773. The molecule has 0 aromatic rings. The van der Waals surface area contributed by atoms with Crippen molar-refractivity contribution in [2.24, 2.45) is 0 Å². The molecule has 0 bridgehead atoms. The Kier molecular flexibility index (Phi) is 23.4. The summed E-state index contributed by atoms with van der Waals surface area (Å²) in [5, 5.41) is 0. The van der Waals surface area contributed by atoms with E-state index >= 15 is 0 Å². The molecule has 1 atom stereocenters. The summed E-state index contributed by atoms with van der Waals surface area (Å²) in [6.45, 7) is 6.54.